The van der Waals surface area contributed by atoms with Gasteiger partial charge in [0.1, 0.15) is 35.1 Å². The molecule has 2 aromatic rings. The van der Waals surface area contributed by atoms with Crippen LogP contribution in [0.3, 0.4) is 0 Å². The van der Waals surface area contributed by atoms with Gasteiger partial charge in [-0.3, -0.25) is 9.89 Å². The summed E-state index contributed by atoms with van der Waals surface area (Å²) in [7, 11) is 0. The van der Waals surface area contributed by atoms with E-state index in [1.807, 2.05) is 4.90 Å². The number of hydrogen-bond donors (Lipinski definition) is 1. The number of halogens is 6. The number of rotatable bonds is 6. The normalized spacial score (nSPS) is 18.3. The minimum Gasteiger partial charge on any atom is -0.463 e. The summed E-state index contributed by atoms with van der Waals surface area (Å²) in [6, 6.07) is 3.44. The quantitative estimate of drug-likeness (QED) is 0.424. The van der Waals surface area contributed by atoms with Crippen LogP contribution in [0.4, 0.5) is 17.6 Å². The summed E-state index contributed by atoms with van der Waals surface area (Å²) >= 11 is 6.30. The van der Waals surface area contributed by atoms with Crippen molar-refractivity contribution in [1.82, 2.24) is 10.2 Å². The highest BCUT2D eigenvalue weighted by Crippen LogP contribution is 2.37. The Morgan fingerprint density at radius 1 is 1.14 bits per heavy atom. The topological polar surface area (TPSA) is 63.2 Å². The van der Waals surface area contributed by atoms with Crippen LogP contribution in [0.5, 0.6) is 0 Å². The van der Waals surface area contributed by atoms with Gasteiger partial charge in [0.15, 0.2) is 0 Å². The Hall–Kier alpha value is -2.66. The molecule has 36 heavy (non-hydrogen) atoms. The monoisotopic (exact) mass is 547 g/mol. The van der Waals surface area contributed by atoms with Crippen molar-refractivity contribution in [2.75, 3.05) is 39.5 Å². The fourth-order valence-electron chi connectivity index (χ4n) is 4.00. The van der Waals surface area contributed by atoms with E-state index in [9.17, 15) is 22.4 Å². The smallest absolute Gasteiger partial charge is 0.338 e. The molecule has 0 aromatic heterocycles. The van der Waals surface area contributed by atoms with Gasteiger partial charge in [-0.05, 0) is 19.1 Å². The van der Waals surface area contributed by atoms with Crippen LogP contribution in [0, 0.1) is 23.3 Å². The maximum atomic E-state index is 14.7. The molecule has 1 atom stereocenters. The fraction of sp³-hybridized carbons (Fsp3) is 0.333. The molecule has 0 aliphatic carbocycles. The van der Waals surface area contributed by atoms with Crippen LogP contribution in [-0.2, 0) is 14.3 Å². The Bertz CT molecular complexity index is 1180. The molecule has 194 valence electrons. The molecule has 2 aliphatic heterocycles. The second-order valence-electron chi connectivity index (χ2n) is 7.92. The molecule has 2 aromatic carbocycles. The summed E-state index contributed by atoms with van der Waals surface area (Å²) in [5, 5.41) is 2.83. The lowest BCUT2D eigenvalue weighted by atomic mass is 9.94. The first-order valence-electron chi connectivity index (χ1n) is 10.9. The van der Waals surface area contributed by atoms with Gasteiger partial charge < -0.3 is 14.8 Å². The average molecular weight is 548 g/mol. The second-order valence-corrected chi connectivity index (χ2v) is 8.32. The highest BCUT2D eigenvalue weighted by molar-refractivity contribution is 6.31. The Morgan fingerprint density at radius 2 is 1.81 bits per heavy atom. The predicted molar refractivity (Wildman–Crippen MR) is 128 cm³/mol. The third-order valence-corrected chi connectivity index (χ3v) is 5.93. The van der Waals surface area contributed by atoms with Gasteiger partial charge in [0.25, 0.3) is 0 Å². The van der Waals surface area contributed by atoms with Crippen LogP contribution >= 0.6 is 24.0 Å². The minimum absolute atomic E-state index is 0. The number of amidine groups is 1. The molecular weight excluding hydrogens is 525 g/mol. The lowest BCUT2D eigenvalue weighted by molar-refractivity contribution is -0.139. The zero-order chi connectivity index (χ0) is 25.1. The average Bonchev–Trinajstić information content (AvgIpc) is 2.79. The standard InChI is InChI=1S/C24H22ClF4N3O3.ClH/c1-2-35-24(33)21-19(12-32-5-7-34-8-6-32)30-23(20-17(28)10-14(27)11-18(20)29)31-22(21)15-4-3-13(26)9-16(15)25;/h3-4,9-11,22H,2,5-8,12H2,1H3,(H,30,31);1H. The SMILES string of the molecule is CCOC(=O)C1=C(CN2CCOCC2)NC(c2c(F)cc(F)cc2F)=NC1c1ccc(F)cc1Cl.Cl. The van der Waals surface area contributed by atoms with Crippen LogP contribution in [0.2, 0.25) is 5.02 Å². The maximum absolute atomic E-state index is 14.7. The van der Waals surface area contributed by atoms with Crippen LogP contribution < -0.4 is 5.32 Å². The molecule has 1 saturated heterocycles. The lowest BCUT2D eigenvalue weighted by Gasteiger charge is -2.33. The van der Waals surface area contributed by atoms with E-state index in [0.717, 1.165) is 12.1 Å². The Labute approximate surface area is 216 Å². The molecule has 4 rings (SSSR count). The molecule has 1 fully saturated rings. The van der Waals surface area contributed by atoms with Crippen molar-refractivity contribution < 1.29 is 31.8 Å². The third kappa shape index (κ3) is 6.00. The molecule has 2 aliphatic rings. The van der Waals surface area contributed by atoms with Gasteiger partial charge in [-0.25, -0.2) is 22.4 Å². The van der Waals surface area contributed by atoms with Gasteiger partial charge in [0.05, 0.1) is 31.0 Å². The van der Waals surface area contributed by atoms with Crippen molar-refractivity contribution in [1.29, 1.82) is 0 Å². The zero-order valence-electron chi connectivity index (χ0n) is 19.1. The Morgan fingerprint density at radius 3 is 2.42 bits per heavy atom. The maximum Gasteiger partial charge on any atom is 0.338 e. The van der Waals surface area contributed by atoms with Crippen LogP contribution in [0.25, 0.3) is 0 Å². The largest absolute Gasteiger partial charge is 0.463 e. The van der Waals surface area contributed by atoms with Gasteiger partial charge in [0, 0.05) is 48.1 Å². The number of ether oxygens (including phenoxy) is 2. The van der Waals surface area contributed by atoms with Crippen molar-refractivity contribution >= 4 is 35.8 Å². The number of aliphatic imine (C=N–C) groups is 1. The number of morpholine rings is 1. The molecule has 0 amide bonds. The minimum atomic E-state index is -1.18. The number of nitrogens with zero attached hydrogens (tertiary/aromatic N) is 2. The summed E-state index contributed by atoms with van der Waals surface area (Å²) in [5.41, 5.74) is -0.0167. The number of nitrogens with one attached hydrogen (secondary N) is 1. The van der Waals surface area contributed by atoms with Gasteiger partial charge in [-0.1, -0.05) is 17.7 Å². The first-order valence-corrected chi connectivity index (χ1v) is 11.3. The highest BCUT2D eigenvalue weighted by Gasteiger charge is 2.35. The number of esters is 1. The van der Waals surface area contributed by atoms with E-state index in [1.165, 1.54) is 6.07 Å². The van der Waals surface area contributed by atoms with Gasteiger partial charge in [-0.15, -0.1) is 12.4 Å². The molecule has 0 spiro atoms. The third-order valence-electron chi connectivity index (χ3n) is 5.61. The van der Waals surface area contributed by atoms with E-state index < -0.39 is 40.8 Å². The Balaban J connectivity index is 0.00000361. The zero-order valence-corrected chi connectivity index (χ0v) is 20.7. The molecule has 0 saturated carbocycles. The molecular formula is C24H23Cl2F4N3O3. The highest BCUT2D eigenvalue weighted by atomic mass is 35.5. The van der Waals surface area contributed by atoms with Gasteiger partial charge in [-0.2, -0.15) is 0 Å². The first kappa shape index (κ1) is 27.9. The van der Waals surface area contributed by atoms with E-state index in [1.54, 1.807) is 6.92 Å². The van der Waals surface area contributed by atoms with Crippen molar-refractivity contribution in [3.8, 4) is 0 Å². The van der Waals surface area contributed by atoms with Crippen molar-refractivity contribution in [3.05, 3.63) is 81.0 Å². The van der Waals surface area contributed by atoms with Crippen LogP contribution in [0.15, 0.2) is 46.6 Å². The molecule has 6 nitrogen and oxygen atoms in total. The second kappa shape index (κ2) is 12.1. The number of hydrogen-bond acceptors (Lipinski definition) is 6. The summed E-state index contributed by atoms with van der Waals surface area (Å²) in [6.45, 7) is 3.91. The lowest BCUT2D eigenvalue weighted by Crippen LogP contribution is -2.43. The summed E-state index contributed by atoms with van der Waals surface area (Å²) in [4.78, 5) is 19.5. The number of benzene rings is 2. The summed E-state index contributed by atoms with van der Waals surface area (Å²) < 4.78 is 67.4. The molecule has 12 heteroatoms. The summed E-state index contributed by atoms with van der Waals surface area (Å²) in [5.74, 6) is -5.03. The van der Waals surface area contributed by atoms with E-state index in [2.05, 4.69) is 10.3 Å². The Kier molecular flexibility index (Phi) is 9.35. The molecule has 1 unspecified atom stereocenters. The molecule has 1 N–H and O–H groups in total. The van der Waals surface area contributed by atoms with E-state index in [0.29, 0.717) is 38.4 Å². The van der Waals surface area contributed by atoms with E-state index in [4.69, 9.17) is 21.1 Å². The van der Waals surface area contributed by atoms with Crippen LogP contribution in [0.1, 0.15) is 24.1 Å². The van der Waals surface area contributed by atoms with Gasteiger partial charge >= 0.3 is 5.97 Å². The predicted octanol–water partition coefficient (Wildman–Crippen LogP) is 4.56. The molecule has 0 radical (unpaired) electrons. The fourth-order valence-corrected chi connectivity index (χ4v) is 4.27. The van der Waals surface area contributed by atoms with Crippen molar-refractivity contribution in [2.24, 2.45) is 4.99 Å². The summed E-state index contributed by atoms with van der Waals surface area (Å²) in [6.07, 6.45) is 0. The number of carbonyl (C=O) groups excluding carboxylic acids is 1. The van der Waals surface area contributed by atoms with Crippen LogP contribution in [-0.4, -0.2) is 56.2 Å². The molecule has 0 bridgehead atoms. The van der Waals surface area contributed by atoms with Gasteiger partial charge in [0.2, 0.25) is 0 Å². The van der Waals surface area contributed by atoms with Crippen molar-refractivity contribution in [3.63, 3.8) is 0 Å². The molecule has 2 heterocycles. The number of carbonyl (C=O) groups is 1. The van der Waals surface area contributed by atoms with E-state index >= 15 is 0 Å². The van der Waals surface area contributed by atoms with E-state index in [-0.39, 0.29) is 53.3 Å². The first-order chi connectivity index (χ1) is 16.8. The van der Waals surface area contributed by atoms with Crippen molar-refractivity contribution in [2.45, 2.75) is 13.0 Å².